The lowest BCUT2D eigenvalue weighted by Crippen LogP contribution is -2.62. The van der Waals surface area contributed by atoms with E-state index in [-0.39, 0.29) is 41.2 Å². The van der Waals surface area contributed by atoms with E-state index in [0.717, 1.165) is 23.3 Å². The number of nitro benzene ring substituents is 1. The van der Waals surface area contributed by atoms with Gasteiger partial charge in [-0.05, 0) is 73.7 Å². The number of non-ortho nitro benzene ring substituents is 1. The number of nitro groups is 1. The topological polar surface area (TPSA) is 117 Å². The third-order valence-electron chi connectivity index (χ3n) is 11.6. The van der Waals surface area contributed by atoms with Gasteiger partial charge in [0.1, 0.15) is 5.75 Å². The van der Waals surface area contributed by atoms with Gasteiger partial charge in [-0.25, -0.2) is 0 Å². The van der Waals surface area contributed by atoms with Gasteiger partial charge in [-0.2, -0.15) is 0 Å². The first-order chi connectivity index (χ1) is 24.3. The molecule has 272 valence electrons. The highest BCUT2D eigenvalue weighted by Crippen LogP contribution is 2.61. The molecule has 51 heavy (non-hydrogen) atoms. The number of rotatable bonds is 13. The quantitative estimate of drug-likeness (QED) is 0.158. The number of methoxy groups -OCH3 is 1. The summed E-state index contributed by atoms with van der Waals surface area (Å²) in [6.45, 7) is 8.12. The molecule has 2 N–H and O–H groups in total. The number of benzene rings is 3. The van der Waals surface area contributed by atoms with Crippen molar-refractivity contribution >= 4 is 29.3 Å². The second-order valence-corrected chi connectivity index (χ2v) is 16.5. The highest BCUT2D eigenvalue weighted by molar-refractivity contribution is 7.99. The van der Waals surface area contributed by atoms with Crippen LogP contribution >= 0.6 is 11.8 Å². The molecule has 3 saturated carbocycles. The van der Waals surface area contributed by atoms with Crippen LogP contribution in [0.3, 0.4) is 0 Å². The van der Waals surface area contributed by atoms with Gasteiger partial charge in [0, 0.05) is 65.6 Å². The van der Waals surface area contributed by atoms with Gasteiger partial charge in [0.2, 0.25) is 5.91 Å². The average Bonchev–Trinajstić information content (AvgIpc) is 3.57. The molecule has 4 fully saturated rings. The number of fused-ring (bicyclic) bond motifs is 2. The molecule has 3 aromatic carbocycles. The van der Waals surface area contributed by atoms with Crippen LogP contribution < -0.4 is 15.4 Å². The monoisotopic (exact) mass is 713 g/mol. The number of likely N-dealkylation sites (N-methyl/N-ethyl adjacent to an activating group) is 1. The third-order valence-corrected chi connectivity index (χ3v) is 12.6. The normalized spacial score (nSPS) is 24.4. The molecule has 4 aliphatic rings. The Hall–Kier alpha value is -3.93. The number of thioether (sulfide) groups is 1. The van der Waals surface area contributed by atoms with Gasteiger partial charge >= 0.3 is 0 Å². The SMILES string of the molecule is COc1c(CN2CSC[C@H]2C(=O)N[C@H]2C[C@@H]3C[C@@H]([C@@H]2C)C3(C)C)cccc1-c1cc(C(=O)N[C@@H](Cc2ccccc2)CN(C)C)cc([N+](=O)[O-])c1. The summed E-state index contributed by atoms with van der Waals surface area (Å²) in [6, 6.07) is 19.9. The second-order valence-electron chi connectivity index (χ2n) is 15.5. The maximum absolute atomic E-state index is 13.7. The van der Waals surface area contributed by atoms with Gasteiger partial charge in [0.05, 0.1) is 18.1 Å². The molecule has 6 atom stereocenters. The highest BCUT2D eigenvalue weighted by Gasteiger charge is 2.56. The van der Waals surface area contributed by atoms with E-state index in [4.69, 9.17) is 4.74 Å². The number of carbonyl (C=O) groups excluding carboxylic acids is 2. The standard InChI is InChI=1S/C40H51N5O5S/c1-25-34-19-30(40(34,2)3)20-35(25)42-39(47)36-23-51-24-44(36)21-27-13-10-14-33(37(27)50-6)28-16-29(18-32(17-28)45(48)49)38(46)41-31(22-43(4)5)15-26-11-8-7-9-12-26/h7-14,16-18,25,30-31,34-36H,15,19-24H2,1-6H3,(H,41,46)(H,42,47)/t25-,30-,31-,34-,35-,36-/m0/s1. The molecule has 0 radical (unpaired) electrons. The first-order valence-electron chi connectivity index (χ1n) is 17.9. The molecular formula is C40H51N5O5S. The lowest BCUT2D eigenvalue weighted by Gasteiger charge is -2.62. The van der Waals surface area contributed by atoms with E-state index >= 15 is 0 Å². The van der Waals surface area contributed by atoms with E-state index in [1.54, 1.807) is 24.9 Å². The number of nitrogens with zero attached hydrogens (tertiary/aromatic N) is 3. The molecule has 10 nitrogen and oxygen atoms in total. The summed E-state index contributed by atoms with van der Waals surface area (Å²) in [5, 5.41) is 18.7. The number of para-hydroxylation sites is 1. The molecule has 2 bridgehead atoms. The fourth-order valence-electron chi connectivity index (χ4n) is 8.66. The Morgan fingerprint density at radius 2 is 1.86 bits per heavy atom. The van der Waals surface area contributed by atoms with Crippen molar-refractivity contribution in [3.63, 3.8) is 0 Å². The van der Waals surface area contributed by atoms with Crippen molar-refractivity contribution < 1.29 is 19.2 Å². The van der Waals surface area contributed by atoms with Crippen LogP contribution in [0.4, 0.5) is 5.69 Å². The lowest BCUT2D eigenvalue weighted by molar-refractivity contribution is -0.384. The van der Waals surface area contributed by atoms with E-state index in [2.05, 4.69) is 36.3 Å². The van der Waals surface area contributed by atoms with Crippen molar-refractivity contribution in [1.29, 1.82) is 0 Å². The first kappa shape index (κ1) is 36.8. The second kappa shape index (κ2) is 15.4. The fraction of sp³-hybridized carbons (Fsp3) is 0.500. The molecule has 1 aliphatic heterocycles. The highest BCUT2D eigenvalue weighted by atomic mass is 32.2. The van der Waals surface area contributed by atoms with E-state index in [1.807, 2.05) is 67.5 Å². The average molecular weight is 714 g/mol. The van der Waals surface area contributed by atoms with Crippen LogP contribution in [0.1, 0.15) is 55.1 Å². The van der Waals surface area contributed by atoms with Gasteiger partial charge in [-0.15, -0.1) is 11.8 Å². The van der Waals surface area contributed by atoms with Crippen LogP contribution in [0.5, 0.6) is 5.75 Å². The van der Waals surface area contributed by atoms with E-state index in [9.17, 15) is 19.7 Å². The largest absolute Gasteiger partial charge is 0.496 e. The summed E-state index contributed by atoms with van der Waals surface area (Å²) in [5.41, 5.74) is 3.50. The number of ether oxygens (including phenoxy) is 1. The molecule has 3 aromatic rings. The van der Waals surface area contributed by atoms with Gasteiger partial charge in [0.25, 0.3) is 11.6 Å². The fourth-order valence-corrected chi connectivity index (χ4v) is 9.86. The molecule has 0 aromatic heterocycles. The maximum atomic E-state index is 13.7. The predicted molar refractivity (Wildman–Crippen MR) is 203 cm³/mol. The Labute approximate surface area is 305 Å². The smallest absolute Gasteiger partial charge is 0.270 e. The molecule has 2 amide bonds. The maximum Gasteiger partial charge on any atom is 0.270 e. The molecule has 1 saturated heterocycles. The van der Waals surface area contributed by atoms with Crippen LogP contribution in [-0.4, -0.2) is 84.0 Å². The zero-order valence-electron chi connectivity index (χ0n) is 30.6. The van der Waals surface area contributed by atoms with Crippen LogP contribution in [-0.2, 0) is 17.8 Å². The summed E-state index contributed by atoms with van der Waals surface area (Å²) in [6.07, 6.45) is 2.93. The minimum Gasteiger partial charge on any atom is -0.496 e. The van der Waals surface area contributed by atoms with Gasteiger partial charge in [-0.3, -0.25) is 24.6 Å². The minimum atomic E-state index is -0.472. The van der Waals surface area contributed by atoms with Gasteiger partial charge in [-0.1, -0.05) is 69.3 Å². The lowest BCUT2D eigenvalue weighted by atomic mass is 9.45. The minimum absolute atomic E-state index is 0.0836. The number of hydrogen-bond acceptors (Lipinski definition) is 8. The van der Waals surface area contributed by atoms with Crippen molar-refractivity contribution in [2.45, 2.75) is 64.7 Å². The Morgan fingerprint density at radius 1 is 1.10 bits per heavy atom. The van der Waals surface area contributed by atoms with Crippen LogP contribution in [0.2, 0.25) is 0 Å². The van der Waals surface area contributed by atoms with Crippen LogP contribution in [0.15, 0.2) is 66.7 Å². The number of hydrogen-bond donors (Lipinski definition) is 2. The predicted octanol–water partition coefficient (Wildman–Crippen LogP) is 6.23. The van der Waals surface area contributed by atoms with Gasteiger partial charge in [0.15, 0.2) is 0 Å². The van der Waals surface area contributed by atoms with Crippen molar-refractivity contribution in [1.82, 2.24) is 20.4 Å². The van der Waals surface area contributed by atoms with Crippen molar-refractivity contribution in [3.8, 4) is 16.9 Å². The van der Waals surface area contributed by atoms with Crippen molar-refractivity contribution in [2.24, 2.45) is 23.2 Å². The van der Waals surface area contributed by atoms with Crippen LogP contribution in [0, 0.1) is 33.3 Å². The molecule has 0 spiro atoms. The summed E-state index contributed by atoms with van der Waals surface area (Å²) in [7, 11) is 5.48. The summed E-state index contributed by atoms with van der Waals surface area (Å²) in [5.74, 6) is 3.47. The molecule has 11 heteroatoms. The molecule has 1 heterocycles. The molecular weight excluding hydrogens is 663 g/mol. The van der Waals surface area contributed by atoms with E-state index < -0.39 is 4.92 Å². The Morgan fingerprint density at radius 3 is 2.53 bits per heavy atom. The summed E-state index contributed by atoms with van der Waals surface area (Å²) < 4.78 is 5.97. The van der Waals surface area contributed by atoms with Crippen molar-refractivity contribution in [2.75, 3.05) is 39.4 Å². The molecule has 3 aliphatic carbocycles. The number of carbonyl (C=O) groups is 2. The Balaban J connectivity index is 1.21. The van der Waals surface area contributed by atoms with Crippen molar-refractivity contribution in [3.05, 3.63) is 93.5 Å². The third kappa shape index (κ3) is 7.95. The zero-order valence-corrected chi connectivity index (χ0v) is 31.4. The van der Waals surface area contributed by atoms with E-state index in [0.29, 0.717) is 65.4 Å². The molecule has 7 rings (SSSR count). The summed E-state index contributed by atoms with van der Waals surface area (Å²) in [4.78, 5) is 43.3. The van der Waals surface area contributed by atoms with E-state index in [1.165, 1.54) is 18.6 Å². The van der Waals surface area contributed by atoms with Crippen LogP contribution in [0.25, 0.3) is 11.1 Å². The summed E-state index contributed by atoms with van der Waals surface area (Å²) >= 11 is 1.74. The Kier molecular flexibility index (Phi) is 11.1. The van der Waals surface area contributed by atoms with Gasteiger partial charge < -0.3 is 20.3 Å². The zero-order chi connectivity index (χ0) is 36.4. The molecule has 0 unspecified atom stereocenters. The number of amides is 2. The Bertz CT molecular complexity index is 1750. The number of nitrogens with one attached hydrogen (secondary N) is 2. The first-order valence-corrected chi connectivity index (χ1v) is 19.1.